The highest BCUT2D eigenvalue weighted by molar-refractivity contribution is 8.24. The third-order valence-corrected chi connectivity index (χ3v) is 8.09. The molecule has 0 radical (unpaired) electrons. The lowest BCUT2D eigenvalue weighted by molar-refractivity contribution is -0.107. The summed E-state index contributed by atoms with van der Waals surface area (Å²) in [5, 5.41) is 2.98. The standard InChI is InChI=1S/C26H28Cl2N4O3S2/c1-4-24(28)36-17(2)37-30-26(35)29-19-7-10-23(22(27)16-19)31(3)25(34)21-9-8-20(15-18(21)11-14-33)32-12-5-6-13-32/h4,7-10,14-16H,2,5-6,11-13H2,1,3H3,(H2,29,30,35)/b24-4-. The minimum absolute atomic E-state index is 0.145. The number of thioether (sulfide) groups is 1. The molecule has 1 fully saturated rings. The fourth-order valence-corrected chi connectivity index (χ4v) is 5.69. The van der Waals surface area contributed by atoms with Gasteiger partial charge in [-0.2, -0.15) is 0 Å². The van der Waals surface area contributed by atoms with Crippen molar-refractivity contribution in [1.29, 1.82) is 0 Å². The van der Waals surface area contributed by atoms with Gasteiger partial charge >= 0.3 is 6.03 Å². The highest BCUT2D eigenvalue weighted by Gasteiger charge is 2.21. The second kappa shape index (κ2) is 13.8. The fourth-order valence-electron chi connectivity index (χ4n) is 3.81. The molecule has 0 spiro atoms. The Morgan fingerprint density at radius 2 is 1.92 bits per heavy atom. The van der Waals surface area contributed by atoms with Crippen LogP contribution in [-0.2, 0) is 11.2 Å². The number of allylic oxidation sites excluding steroid dienone is 1. The summed E-state index contributed by atoms with van der Waals surface area (Å²) in [6.07, 6.45) is 4.95. The number of anilines is 3. The van der Waals surface area contributed by atoms with Gasteiger partial charge in [0.05, 0.1) is 19.3 Å². The van der Waals surface area contributed by atoms with Crippen LogP contribution in [0.3, 0.4) is 0 Å². The molecule has 0 unspecified atom stereocenters. The molecule has 3 amide bonds. The monoisotopic (exact) mass is 578 g/mol. The molecule has 1 aliphatic heterocycles. The maximum Gasteiger partial charge on any atom is 0.329 e. The highest BCUT2D eigenvalue weighted by atomic mass is 35.5. The number of rotatable bonds is 10. The highest BCUT2D eigenvalue weighted by Crippen LogP contribution is 2.34. The van der Waals surface area contributed by atoms with Crippen molar-refractivity contribution < 1.29 is 14.4 Å². The van der Waals surface area contributed by atoms with Gasteiger partial charge in [0.15, 0.2) is 0 Å². The van der Waals surface area contributed by atoms with Crippen molar-refractivity contribution in [2.24, 2.45) is 0 Å². The molecule has 0 saturated carbocycles. The number of benzene rings is 2. The first-order valence-corrected chi connectivity index (χ1v) is 13.9. The van der Waals surface area contributed by atoms with Crippen molar-refractivity contribution in [3.63, 3.8) is 0 Å². The third kappa shape index (κ3) is 7.95. The van der Waals surface area contributed by atoms with E-state index in [0.29, 0.717) is 31.1 Å². The first-order valence-electron chi connectivity index (χ1n) is 11.5. The van der Waals surface area contributed by atoms with Gasteiger partial charge in [0.2, 0.25) is 0 Å². The Kier molecular flexibility index (Phi) is 10.8. The summed E-state index contributed by atoms with van der Waals surface area (Å²) in [5.74, 6) is -0.280. The Hall–Kier alpha value is -2.59. The number of aldehydes is 1. The number of carbonyl (C=O) groups is 3. The van der Waals surface area contributed by atoms with Gasteiger partial charge in [0.1, 0.15) is 6.29 Å². The number of nitrogens with one attached hydrogen (secondary N) is 2. The third-order valence-electron chi connectivity index (χ3n) is 5.66. The van der Waals surface area contributed by atoms with Gasteiger partial charge in [-0.1, -0.05) is 47.6 Å². The second-order valence-corrected chi connectivity index (χ2v) is 11.5. The molecule has 11 heteroatoms. The number of halogens is 2. The van der Waals surface area contributed by atoms with E-state index in [1.165, 1.54) is 16.7 Å². The lowest BCUT2D eigenvalue weighted by Crippen LogP contribution is -2.28. The Morgan fingerprint density at radius 1 is 1.19 bits per heavy atom. The first kappa shape index (κ1) is 29.0. The van der Waals surface area contributed by atoms with E-state index in [2.05, 4.69) is 21.5 Å². The van der Waals surface area contributed by atoms with Gasteiger partial charge in [-0.3, -0.25) is 9.52 Å². The van der Waals surface area contributed by atoms with Gasteiger partial charge in [0, 0.05) is 43.5 Å². The molecule has 2 N–H and O–H groups in total. The molecule has 0 atom stereocenters. The summed E-state index contributed by atoms with van der Waals surface area (Å²) in [6, 6.07) is 10.0. The Labute approximate surface area is 235 Å². The number of urea groups is 1. The maximum atomic E-state index is 13.4. The summed E-state index contributed by atoms with van der Waals surface area (Å²) in [5.41, 5.74) is 3.07. The van der Waals surface area contributed by atoms with Crippen LogP contribution in [-0.4, -0.2) is 38.4 Å². The minimum atomic E-state index is -0.465. The van der Waals surface area contributed by atoms with Crippen molar-refractivity contribution in [3.05, 3.63) is 73.8 Å². The summed E-state index contributed by atoms with van der Waals surface area (Å²) < 4.78 is 3.78. The van der Waals surface area contributed by atoms with Crippen LogP contribution in [0.2, 0.25) is 5.02 Å². The number of nitrogens with zero attached hydrogens (tertiary/aromatic N) is 2. The van der Waals surface area contributed by atoms with E-state index in [1.807, 2.05) is 12.1 Å². The Morgan fingerprint density at radius 3 is 2.57 bits per heavy atom. The molecular weight excluding hydrogens is 551 g/mol. The van der Waals surface area contributed by atoms with Crippen molar-refractivity contribution in [2.75, 3.05) is 35.3 Å². The summed E-state index contributed by atoms with van der Waals surface area (Å²) in [7, 11) is 1.62. The molecule has 2 aromatic carbocycles. The molecule has 1 heterocycles. The van der Waals surface area contributed by atoms with Crippen LogP contribution in [0.15, 0.2) is 57.7 Å². The van der Waals surface area contributed by atoms with Crippen molar-refractivity contribution in [2.45, 2.75) is 26.2 Å². The quantitative estimate of drug-likeness (QED) is 0.232. The summed E-state index contributed by atoms with van der Waals surface area (Å²) >= 11 is 14.7. The maximum absolute atomic E-state index is 13.4. The van der Waals surface area contributed by atoms with E-state index in [-0.39, 0.29) is 17.4 Å². The molecule has 37 heavy (non-hydrogen) atoms. The van der Waals surface area contributed by atoms with Gasteiger partial charge in [-0.05, 0) is 73.7 Å². The fraction of sp³-hybridized carbons (Fsp3) is 0.269. The molecule has 1 aliphatic rings. The van der Waals surface area contributed by atoms with Crippen LogP contribution >= 0.6 is 46.9 Å². The van der Waals surface area contributed by atoms with Gasteiger partial charge in [-0.15, -0.1) is 0 Å². The van der Waals surface area contributed by atoms with E-state index in [4.69, 9.17) is 23.2 Å². The average molecular weight is 580 g/mol. The van der Waals surface area contributed by atoms with Crippen LogP contribution < -0.4 is 19.8 Å². The second-order valence-electron chi connectivity index (χ2n) is 8.16. The molecule has 7 nitrogen and oxygen atoms in total. The van der Waals surface area contributed by atoms with E-state index in [9.17, 15) is 14.4 Å². The average Bonchev–Trinajstić information content (AvgIpc) is 3.42. The molecule has 0 aromatic heterocycles. The largest absolute Gasteiger partial charge is 0.372 e. The first-order chi connectivity index (χ1) is 17.7. The lowest BCUT2D eigenvalue weighted by atomic mass is 10.0. The number of hydrogen-bond acceptors (Lipinski definition) is 6. The van der Waals surface area contributed by atoms with E-state index in [1.54, 1.807) is 44.3 Å². The molecule has 1 saturated heterocycles. The van der Waals surface area contributed by atoms with Crippen LogP contribution in [0.5, 0.6) is 0 Å². The number of amides is 3. The minimum Gasteiger partial charge on any atom is -0.372 e. The van der Waals surface area contributed by atoms with Gasteiger partial charge < -0.3 is 19.9 Å². The topological polar surface area (TPSA) is 81.8 Å². The van der Waals surface area contributed by atoms with Crippen molar-refractivity contribution in [3.8, 4) is 0 Å². The molecule has 0 bridgehead atoms. The predicted octanol–water partition coefficient (Wildman–Crippen LogP) is 7.03. The Balaban J connectivity index is 1.68. The summed E-state index contributed by atoms with van der Waals surface area (Å²) in [4.78, 5) is 40.6. The molecule has 0 aliphatic carbocycles. The van der Waals surface area contributed by atoms with Gasteiger partial charge in [0.25, 0.3) is 5.91 Å². The van der Waals surface area contributed by atoms with Crippen LogP contribution in [0, 0.1) is 0 Å². The SMILES string of the molecule is C=C(SNC(=O)Nc1ccc(N(C)C(=O)c2ccc(N3CCCC3)cc2CC=O)c(Cl)c1)S/C(Cl)=C\C. The zero-order valence-electron chi connectivity index (χ0n) is 20.6. The zero-order valence-corrected chi connectivity index (χ0v) is 23.7. The molecule has 3 rings (SSSR count). The van der Waals surface area contributed by atoms with Crippen LogP contribution in [0.1, 0.15) is 35.7 Å². The van der Waals surface area contributed by atoms with Gasteiger partial charge in [-0.25, -0.2) is 4.79 Å². The van der Waals surface area contributed by atoms with E-state index in [0.717, 1.165) is 49.9 Å². The normalized spacial score (nSPS) is 13.3. The van der Waals surface area contributed by atoms with Crippen molar-refractivity contribution >= 4 is 82.2 Å². The lowest BCUT2D eigenvalue weighted by Gasteiger charge is -2.23. The number of hydrogen-bond donors (Lipinski definition) is 2. The van der Waals surface area contributed by atoms with E-state index < -0.39 is 6.03 Å². The van der Waals surface area contributed by atoms with Crippen LogP contribution in [0.25, 0.3) is 0 Å². The Bertz CT molecular complexity index is 1220. The smallest absolute Gasteiger partial charge is 0.329 e. The molecule has 2 aromatic rings. The summed E-state index contributed by atoms with van der Waals surface area (Å²) in [6.45, 7) is 7.58. The predicted molar refractivity (Wildman–Crippen MR) is 158 cm³/mol. The number of carbonyl (C=O) groups excluding carboxylic acids is 3. The van der Waals surface area contributed by atoms with Crippen molar-refractivity contribution in [1.82, 2.24) is 4.72 Å². The van der Waals surface area contributed by atoms with Crippen LogP contribution in [0.4, 0.5) is 21.9 Å². The van der Waals surface area contributed by atoms with E-state index >= 15 is 0 Å². The molecular formula is C26H28Cl2N4O3S2. The molecule has 196 valence electrons. The zero-order chi connectivity index (χ0) is 26.9.